The average molecular weight is 298 g/mol. The third kappa shape index (κ3) is 2.34. The second-order valence-corrected chi connectivity index (χ2v) is 6.18. The highest BCUT2D eigenvalue weighted by Crippen LogP contribution is 2.37. The summed E-state index contributed by atoms with van der Waals surface area (Å²) in [5.41, 5.74) is 9.11. The molecule has 0 unspecified atom stereocenters. The molecule has 21 heavy (non-hydrogen) atoms. The molecule has 5 heteroatoms. The summed E-state index contributed by atoms with van der Waals surface area (Å²) >= 11 is 1.65. The molecular formula is C16H18N4S. The molecule has 3 aromatic rings. The molecule has 2 aromatic heterocycles. The normalized spacial score (nSPS) is 11.2. The van der Waals surface area contributed by atoms with E-state index in [1.54, 1.807) is 17.7 Å². The monoisotopic (exact) mass is 298 g/mol. The Hall–Kier alpha value is -2.14. The molecule has 2 N–H and O–H groups in total. The number of nitrogens with zero attached hydrogens (tertiary/aromatic N) is 3. The molecule has 0 saturated carbocycles. The maximum absolute atomic E-state index is 6.17. The zero-order valence-electron chi connectivity index (χ0n) is 12.4. The summed E-state index contributed by atoms with van der Waals surface area (Å²) in [5.74, 6) is 0.923. The topological polar surface area (TPSA) is 55.0 Å². The van der Waals surface area contributed by atoms with Crippen LogP contribution in [0.15, 0.2) is 36.0 Å². The SMILES string of the molecule is Cc1csc2ncnc(N(c3ccccc3N)C(C)C)c12. The number of para-hydroxylation sites is 2. The summed E-state index contributed by atoms with van der Waals surface area (Å²) in [7, 11) is 0. The Kier molecular flexibility index (Phi) is 3.51. The molecule has 0 spiro atoms. The van der Waals surface area contributed by atoms with Crippen LogP contribution in [-0.4, -0.2) is 16.0 Å². The van der Waals surface area contributed by atoms with Crippen LogP contribution in [0.25, 0.3) is 10.2 Å². The van der Waals surface area contributed by atoms with Crippen LogP contribution in [-0.2, 0) is 0 Å². The van der Waals surface area contributed by atoms with E-state index in [-0.39, 0.29) is 6.04 Å². The van der Waals surface area contributed by atoms with Gasteiger partial charge in [0.05, 0.1) is 16.8 Å². The molecule has 3 rings (SSSR count). The smallest absolute Gasteiger partial charge is 0.145 e. The number of anilines is 3. The van der Waals surface area contributed by atoms with Crippen molar-refractivity contribution in [3.05, 3.63) is 41.5 Å². The molecule has 0 aliphatic carbocycles. The summed E-state index contributed by atoms with van der Waals surface area (Å²) in [6, 6.07) is 8.14. The van der Waals surface area contributed by atoms with Gasteiger partial charge in [0.15, 0.2) is 0 Å². The fourth-order valence-electron chi connectivity index (χ4n) is 2.52. The molecule has 0 saturated heterocycles. The predicted octanol–water partition coefficient (Wildman–Crippen LogP) is 4.13. The quantitative estimate of drug-likeness (QED) is 0.739. The molecular weight excluding hydrogens is 280 g/mol. The first kappa shape index (κ1) is 13.8. The largest absolute Gasteiger partial charge is 0.397 e. The molecule has 1 aromatic carbocycles. The maximum Gasteiger partial charge on any atom is 0.145 e. The first-order chi connectivity index (χ1) is 10.1. The highest BCUT2D eigenvalue weighted by atomic mass is 32.1. The summed E-state index contributed by atoms with van der Waals surface area (Å²) < 4.78 is 0. The average Bonchev–Trinajstić information content (AvgIpc) is 2.84. The Morgan fingerprint density at radius 1 is 1.19 bits per heavy atom. The Morgan fingerprint density at radius 3 is 2.67 bits per heavy atom. The lowest BCUT2D eigenvalue weighted by atomic mass is 10.1. The minimum absolute atomic E-state index is 0.243. The molecule has 0 amide bonds. The first-order valence-corrected chi connectivity index (χ1v) is 7.80. The van der Waals surface area contributed by atoms with Crippen LogP contribution >= 0.6 is 11.3 Å². The van der Waals surface area contributed by atoms with Crippen molar-refractivity contribution in [2.75, 3.05) is 10.6 Å². The van der Waals surface area contributed by atoms with Gasteiger partial charge in [-0.05, 0) is 43.8 Å². The van der Waals surface area contributed by atoms with Crippen molar-refractivity contribution in [2.45, 2.75) is 26.8 Å². The molecule has 2 heterocycles. The first-order valence-electron chi connectivity index (χ1n) is 6.92. The predicted molar refractivity (Wildman–Crippen MR) is 90.3 cm³/mol. The van der Waals surface area contributed by atoms with Crippen LogP contribution in [0.1, 0.15) is 19.4 Å². The van der Waals surface area contributed by atoms with Crippen LogP contribution in [0.4, 0.5) is 17.2 Å². The highest BCUT2D eigenvalue weighted by molar-refractivity contribution is 7.17. The van der Waals surface area contributed by atoms with Crippen molar-refractivity contribution in [3.63, 3.8) is 0 Å². The number of rotatable bonds is 3. The van der Waals surface area contributed by atoms with Crippen LogP contribution in [0, 0.1) is 6.92 Å². The van der Waals surface area contributed by atoms with E-state index in [0.717, 1.165) is 27.4 Å². The van der Waals surface area contributed by atoms with Crippen LogP contribution in [0.5, 0.6) is 0 Å². The molecule has 0 aliphatic rings. The number of hydrogen-bond donors (Lipinski definition) is 1. The van der Waals surface area contributed by atoms with Gasteiger partial charge in [-0.2, -0.15) is 0 Å². The molecule has 0 radical (unpaired) electrons. The summed E-state index contributed by atoms with van der Waals surface area (Å²) in [6.45, 7) is 6.38. The van der Waals surface area contributed by atoms with Gasteiger partial charge in [-0.3, -0.25) is 0 Å². The van der Waals surface area contributed by atoms with Gasteiger partial charge in [0.1, 0.15) is 17.0 Å². The Balaban J connectivity index is 2.26. The van der Waals surface area contributed by atoms with Gasteiger partial charge in [-0.15, -0.1) is 11.3 Å². The van der Waals surface area contributed by atoms with E-state index in [1.165, 1.54) is 5.56 Å². The Morgan fingerprint density at radius 2 is 1.95 bits per heavy atom. The number of benzene rings is 1. The number of thiophene rings is 1. The van der Waals surface area contributed by atoms with Gasteiger partial charge in [-0.1, -0.05) is 12.1 Å². The van der Waals surface area contributed by atoms with Crippen molar-refractivity contribution >= 4 is 38.7 Å². The maximum atomic E-state index is 6.17. The van der Waals surface area contributed by atoms with Crippen LogP contribution in [0.3, 0.4) is 0 Å². The van der Waals surface area contributed by atoms with E-state index in [1.807, 2.05) is 24.3 Å². The van der Waals surface area contributed by atoms with Gasteiger partial charge in [0, 0.05) is 6.04 Å². The van der Waals surface area contributed by atoms with E-state index in [9.17, 15) is 0 Å². The number of aromatic nitrogens is 2. The van der Waals surface area contributed by atoms with E-state index >= 15 is 0 Å². The second-order valence-electron chi connectivity index (χ2n) is 5.32. The number of nitrogen functional groups attached to an aromatic ring is 1. The molecule has 0 fully saturated rings. The molecule has 0 bridgehead atoms. The summed E-state index contributed by atoms with van der Waals surface area (Å²) in [6.07, 6.45) is 1.63. The van der Waals surface area contributed by atoms with Crippen molar-refractivity contribution in [2.24, 2.45) is 0 Å². The summed E-state index contributed by atoms with van der Waals surface area (Å²) in [5, 5.41) is 3.23. The number of fused-ring (bicyclic) bond motifs is 1. The van der Waals surface area contributed by atoms with Gasteiger partial charge in [-0.25, -0.2) is 9.97 Å². The van der Waals surface area contributed by atoms with E-state index in [4.69, 9.17) is 5.73 Å². The number of aryl methyl sites for hydroxylation is 1. The fraction of sp³-hybridized carbons (Fsp3) is 0.250. The number of hydrogen-bond acceptors (Lipinski definition) is 5. The molecule has 108 valence electrons. The molecule has 0 aliphatic heterocycles. The Labute approximate surface area is 128 Å². The van der Waals surface area contributed by atoms with E-state index in [2.05, 4.69) is 41.0 Å². The van der Waals surface area contributed by atoms with Crippen molar-refractivity contribution in [3.8, 4) is 0 Å². The van der Waals surface area contributed by atoms with Crippen LogP contribution < -0.4 is 10.6 Å². The van der Waals surface area contributed by atoms with Gasteiger partial charge in [0.25, 0.3) is 0 Å². The third-order valence-electron chi connectivity index (χ3n) is 3.48. The minimum atomic E-state index is 0.243. The second kappa shape index (κ2) is 5.33. The Bertz CT molecular complexity index is 779. The van der Waals surface area contributed by atoms with Gasteiger partial charge >= 0.3 is 0 Å². The van der Waals surface area contributed by atoms with Crippen LogP contribution in [0.2, 0.25) is 0 Å². The van der Waals surface area contributed by atoms with E-state index < -0.39 is 0 Å². The van der Waals surface area contributed by atoms with Gasteiger partial charge < -0.3 is 10.6 Å². The van der Waals surface area contributed by atoms with E-state index in [0.29, 0.717) is 0 Å². The summed E-state index contributed by atoms with van der Waals surface area (Å²) in [4.78, 5) is 12.1. The highest BCUT2D eigenvalue weighted by Gasteiger charge is 2.21. The standard InChI is InChI=1S/C16H18N4S/c1-10(2)20(13-7-5-4-6-12(13)17)15-14-11(3)8-21-16(14)19-9-18-15/h4-10H,17H2,1-3H3. The fourth-order valence-corrected chi connectivity index (χ4v) is 3.41. The van der Waals surface area contributed by atoms with Crippen molar-refractivity contribution < 1.29 is 0 Å². The molecule has 4 nitrogen and oxygen atoms in total. The third-order valence-corrected chi connectivity index (χ3v) is 4.48. The van der Waals surface area contributed by atoms with Gasteiger partial charge in [0.2, 0.25) is 0 Å². The molecule has 0 atom stereocenters. The minimum Gasteiger partial charge on any atom is -0.397 e. The lowest BCUT2D eigenvalue weighted by molar-refractivity contribution is 0.780. The number of nitrogens with two attached hydrogens (primary N) is 1. The zero-order valence-corrected chi connectivity index (χ0v) is 13.2. The van der Waals surface area contributed by atoms with Crippen molar-refractivity contribution in [1.29, 1.82) is 0 Å². The lowest BCUT2D eigenvalue weighted by Crippen LogP contribution is -2.27. The zero-order chi connectivity index (χ0) is 15.0. The van der Waals surface area contributed by atoms with Crippen molar-refractivity contribution in [1.82, 2.24) is 9.97 Å². The lowest BCUT2D eigenvalue weighted by Gasteiger charge is -2.29.